The highest BCUT2D eigenvalue weighted by Gasteiger charge is 2.29. The molecule has 1 amide bonds. The predicted molar refractivity (Wildman–Crippen MR) is 163 cm³/mol. The molecule has 0 aromatic heterocycles. The van der Waals surface area contributed by atoms with Gasteiger partial charge in [0.1, 0.15) is 11.5 Å². The second-order valence-electron chi connectivity index (χ2n) is 11.9. The number of aliphatic hydroxyl groups is 1. The second kappa shape index (κ2) is 14.0. The fraction of sp³-hybridized carbons (Fsp3) is 0.472. The Labute approximate surface area is 240 Å². The van der Waals surface area contributed by atoms with Gasteiger partial charge in [-0.2, -0.15) is 0 Å². The molecule has 212 valence electrons. The zero-order valence-corrected chi connectivity index (χ0v) is 24.0. The maximum Gasteiger partial charge on any atom is 0.225 e. The summed E-state index contributed by atoms with van der Waals surface area (Å²) in [6.07, 6.45) is 13.6. The van der Waals surface area contributed by atoms with Gasteiger partial charge in [-0.05, 0) is 73.8 Å². The highest BCUT2D eigenvalue weighted by molar-refractivity contribution is 5.92. The lowest BCUT2D eigenvalue weighted by molar-refractivity contribution is -0.116. The molecule has 5 rings (SSSR count). The zero-order chi connectivity index (χ0) is 27.7. The first-order valence-corrected chi connectivity index (χ1v) is 15.6. The summed E-state index contributed by atoms with van der Waals surface area (Å²) in [5.41, 5.74) is 5.48. The summed E-state index contributed by atoms with van der Waals surface area (Å²) in [6, 6.07) is 22.6. The first-order valence-electron chi connectivity index (χ1n) is 15.6. The van der Waals surface area contributed by atoms with Crippen molar-refractivity contribution < 1.29 is 14.6 Å². The van der Waals surface area contributed by atoms with Crippen molar-refractivity contribution >= 4 is 11.6 Å². The number of amides is 1. The number of nitrogens with one attached hydrogen (secondary N) is 1. The number of aryl methyl sites for hydroxylation is 2. The van der Waals surface area contributed by atoms with E-state index in [1.54, 1.807) is 0 Å². The van der Waals surface area contributed by atoms with E-state index in [-0.39, 0.29) is 17.9 Å². The third-order valence-electron chi connectivity index (χ3n) is 8.78. The molecule has 2 aliphatic rings. The van der Waals surface area contributed by atoms with Gasteiger partial charge in [0.15, 0.2) is 0 Å². The van der Waals surface area contributed by atoms with Crippen molar-refractivity contribution in [2.24, 2.45) is 5.92 Å². The third kappa shape index (κ3) is 7.34. The lowest BCUT2D eigenvalue weighted by Gasteiger charge is -2.28. The fourth-order valence-electron chi connectivity index (χ4n) is 6.56. The van der Waals surface area contributed by atoms with Crippen molar-refractivity contribution in [1.82, 2.24) is 0 Å². The van der Waals surface area contributed by atoms with Crippen LogP contribution in [0.25, 0.3) is 0 Å². The van der Waals surface area contributed by atoms with E-state index in [0.29, 0.717) is 12.3 Å². The average molecular weight is 540 g/mol. The van der Waals surface area contributed by atoms with Crippen molar-refractivity contribution in [3.05, 3.63) is 89.0 Å². The standard InChI is InChI=1S/C36H45NO3/c1-2-3-15-28-22-21-27(14-11-16-29(38)23-26-12-5-4-6-13-26)24-33(28)37-36(39)25-32-30-17-7-9-19-34(30)40-35-20-10-8-18-31(32)35/h7-10,17-22,24,26,29,32,38H,2-6,11-16,23,25H2,1H3,(H,37,39). The Hall–Kier alpha value is -3.11. The number of anilines is 1. The Bertz CT molecular complexity index is 1220. The molecule has 4 nitrogen and oxygen atoms in total. The molecule has 0 saturated heterocycles. The van der Waals surface area contributed by atoms with E-state index in [4.69, 9.17) is 4.74 Å². The van der Waals surface area contributed by atoms with E-state index < -0.39 is 0 Å². The Kier molecular flexibility index (Phi) is 9.94. The molecular formula is C36H45NO3. The first kappa shape index (κ1) is 28.4. The maximum atomic E-state index is 13.5. The van der Waals surface area contributed by atoms with Gasteiger partial charge < -0.3 is 15.2 Å². The second-order valence-corrected chi connectivity index (χ2v) is 11.9. The van der Waals surface area contributed by atoms with Gasteiger partial charge in [0.05, 0.1) is 6.10 Å². The first-order chi connectivity index (χ1) is 19.6. The van der Waals surface area contributed by atoms with Gasteiger partial charge in [0, 0.05) is 29.2 Å². The lowest BCUT2D eigenvalue weighted by Crippen LogP contribution is -2.20. The number of carbonyl (C=O) groups excluding carboxylic acids is 1. The van der Waals surface area contributed by atoms with Crippen LogP contribution in [0.1, 0.15) is 106 Å². The number of hydrogen-bond donors (Lipinski definition) is 2. The Morgan fingerprint density at radius 2 is 1.62 bits per heavy atom. The van der Waals surface area contributed by atoms with Crippen LogP contribution in [0, 0.1) is 5.92 Å². The number of hydrogen-bond acceptors (Lipinski definition) is 3. The van der Waals surface area contributed by atoms with E-state index in [0.717, 1.165) is 73.3 Å². The zero-order valence-electron chi connectivity index (χ0n) is 24.0. The molecule has 1 aliphatic carbocycles. The number of unbranched alkanes of at least 4 members (excludes halogenated alkanes) is 1. The molecule has 1 atom stereocenters. The summed E-state index contributed by atoms with van der Waals surface area (Å²) in [5, 5.41) is 13.9. The van der Waals surface area contributed by atoms with E-state index in [9.17, 15) is 9.90 Å². The van der Waals surface area contributed by atoms with Gasteiger partial charge in [-0.3, -0.25) is 4.79 Å². The number of carbonyl (C=O) groups is 1. The van der Waals surface area contributed by atoms with Crippen molar-refractivity contribution in [2.45, 2.75) is 102 Å². The number of ether oxygens (including phenoxy) is 1. The molecular weight excluding hydrogens is 494 g/mol. The molecule has 1 fully saturated rings. The minimum Gasteiger partial charge on any atom is -0.457 e. The molecule has 0 radical (unpaired) electrons. The number of benzene rings is 3. The van der Waals surface area contributed by atoms with Crippen LogP contribution in [-0.4, -0.2) is 17.1 Å². The number of para-hydroxylation sites is 2. The maximum absolute atomic E-state index is 13.5. The van der Waals surface area contributed by atoms with Crippen molar-refractivity contribution in [1.29, 1.82) is 0 Å². The van der Waals surface area contributed by atoms with Crippen LogP contribution in [-0.2, 0) is 17.6 Å². The monoisotopic (exact) mass is 539 g/mol. The van der Waals surface area contributed by atoms with Crippen LogP contribution in [0.4, 0.5) is 5.69 Å². The molecule has 3 aromatic carbocycles. The smallest absolute Gasteiger partial charge is 0.225 e. The molecule has 3 aromatic rings. The van der Waals surface area contributed by atoms with Crippen LogP contribution in [0.15, 0.2) is 66.7 Å². The molecule has 2 N–H and O–H groups in total. The van der Waals surface area contributed by atoms with Gasteiger partial charge in [-0.15, -0.1) is 0 Å². The molecule has 0 spiro atoms. The summed E-state index contributed by atoms with van der Waals surface area (Å²) in [5.74, 6) is 2.34. The number of aliphatic hydroxyl groups excluding tert-OH is 1. The van der Waals surface area contributed by atoms with Gasteiger partial charge >= 0.3 is 0 Å². The summed E-state index contributed by atoms with van der Waals surface area (Å²) in [6.45, 7) is 2.20. The SMILES string of the molecule is CCCCc1ccc(CCCC(O)CC2CCCCC2)cc1NC(=O)CC1c2ccccc2Oc2ccccc21. The number of fused-ring (bicyclic) bond motifs is 2. The van der Waals surface area contributed by atoms with Crippen molar-refractivity contribution in [2.75, 3.05) is 5.32 Å². The van der Waals surface area contributed by atoms with E-state index in [2.05, 4.69) is 42.6 Å². The van der Waals surface area contributed by atoms with E-state index in [1.165, 1.54) is 43.2 Å². The fourth-order valence-corrected chi connectivity index (χ4v) is 6.56. The highest BCUT2D eigenvalue weighted by Crippen LogP contribution is 2.45. The molecule has 1 aliphatic heterocycles. The topological polar surface area (TPSA) is 58.6 Å². The van der Waals surface area contributed by atoms with Gasteiger partial charge in [-0.25, -0.2) is 0 Å². The molecule has 1 unspecified atom stereocenters. The average Bonchev–Trinajstić information content (AvgIpc) is 2.97. The van der Waals surface area contributed by atoms with Crippen LogP contribution in [0.5, 0.6) is 11.5 Å². The summed E-state index contributed by atoms with van der Waals surface area (Å²) >= 11 is 0. The van der Waals surface area contributed by atoms with E-state index >= 15 is 0 Å². The summed E-state index contributed by atoms with van der Waals surface area (Å²) in [7, 11) is 0. The summed E-state index contributed by atoms with van der Waals surface area (Å²) < 4.78 is 6.13. The van der Waals surface area contributed by atoms with Gasteiger partial charge in [0.25, 0.3) is 0 Å². The van der Waals surface area contributed by atoms with Crippen LogP contribution in [0.2, 0.25) is 0 Å². The van der Waals surface area contributed by atoms with Gasteiger partial charge in [0.2, 0.25) is 5.91 Å². The minimum absolute atomic E-state index is 0.0225. The molecule has 1 heterocycles. The van der Waals surface area contributed by atoms with Crippen molar-refractivity contribution in [3.63, 3.8) is 0 Å². The number of rotatable bonds is 12. The molecule has 0 bridgehead atoms. The van der Waals surface area contributed by atoms with E-state index in [1.807, 2.05) is 36.4 Å². The highest BCUT2D eigenvalue weighted by atomic mass is 16.5. The Morgan fingerprint density at radius 3 is 2.33 bits per heavy atom. The molecule has 40 heavy (non-hydrogen) atoms. The predicted octanol–water partition coefficient (Wildman–Crippen LogP) is 8.95. The van der Waals surface area contributed by atoms with Gasteiger partial charge in [-0.1, -0.05) is 94.0 Å². The largest absolute Gasteiger partial charge is 0.457 e. The summed E-state index contributed by atoms with van der Waals surface area (Å²) in [4.78, 5) is 13.5. The van der Waals surface area contributed by atoms with Crippen LogP contribution < -0.4 is 10.1 Å². The lowest BCUT2D eigenvalue weighted by atomic mass is 9.84. The Morgan fingerprint density at radius 1 is 0.925 bits per heavy atom. The normalized spacial score (nSPS) is 16.1. The molecule has 4 heteroatoms. The molecule has 1 saturated carbocycles. The van der Waals surface area contributed by atoms with Crippen LogP contribution in [0.3, 0.4) is 0 Å². The third-order valence-corrected chi connectivity index (χ3v) is 8.78. The quantitative estimate of drug-likeness (QED) is 0.241. The Balaban J connectivity index is 1.24. The van der Waals surface area contributed by atoms with Crippen molar-refractivity contribution in [3.8, 4) is 11.5 Å². The minimum atomic E-state index is -0.198. The van der Waals surface area contributed by atoms with Crippen LogP contribution >= 0.6 is 0 Å².